The summed E-state index contributed by atoms with van der Waals surface area (Å²) in [5.41, 5.74) is 1.24. The molecule has 0 saturated carbocycles. The second-order valence-corrected chi connectivity index (χ2v) is 4.74. The molecule has 0 atom stereocenters. The van der Waals surface area contributed by atoms with E-state index in [2.05, 4.69) is 33.3 Å². The molecule has 5 heteroatoms. The molecule has 0 fully saturated rings. The van der Waals surface area contributed by atoms with Gasteiger partial charge in [0.15, 0.2) is 5.16 Å². The van der Waals surface area contributed by atoms with Crippen molar-refractivity contribution in [3.05, 3.63) is 48.6 Å². The zero-order valence-corrected chi connectivity index (χ0v) is 11.2. The highest BCUT2D eigenvalue weighted by molar-refractivity contribution is 7.98. The number of hydrogen-bond donors (Lipinski definition) is 0. The number of hydrogen-bond acceptors (Lipinski definition) is 4. The van der Waals surface area contributed by atoms with Crippen LogP contribution in [0.25, 0.3) is 0 Å². The van der Waals surface area contributed by atoms with Crippen molar-refractivity contribution in [2.75, 3.05) is 0 Å². The molecule has 0 unspecified atom stereocenters. The second kappa shape index (κ2) is 6.35. The fourth-order valence-corrected chi connectivity index (χ4v) is 2.55. The Morgan fingerprint density at radius 1 is 1.33 bits per heavy atom. The van der Waals surface area contributed by atoms with Crippen LogP contribution >= 0.6 is 11.8 Å². The molecular formula is C13H16N4S. The minimum atomic E-state index is 0.759. The molecule has 2 aromatic rings. The molecule has 4 nitrogen and oxygen atoms in total. The molecule has 18 heavy (non-hydrogen) atoms. The molecule has 94 valence electrons. The molecule has 0 radical (unpaired) electrons. The average molecular weight is 260 g/mol. The van der Waals surface area contributed by atoms with Crippen molar-refractivity contribution in [3.63, 3.8) is 0 Å². The molecule has 0 spiro atoms. The maximum Gasteiger partial charge on any atom is 0.191 e. The van der Waals surface area contributed by atoms with Gasteiger partial charge in [0.1, 0.15) is 5.82 Å². The van der Waals surface area contributed by atoms with Crippen LogP contribution < -0.4 is 0 Å². The third kappa shape index (κ3) is 2.98. The molecule has 0 bridgehead atoms. The van der Waals surface area contributed by atoms with Gasteiger partial charge in [0.05, 0.1) is 0 Å². The SMILES string of the molecule is C=CCn1c(CC)nnc1SCc1ccncc1. The molecule has 2 aromatic heterocycles. The van der Waals surface area contributed by atoms with Crippen LogP contribution in [-0.4, -0.2) is 19.7 Å². The maximum absolute atomic E-state index is 4.23. The van der Waals surface area contributed by atoms with Crippen LogP contribution in [0.15, 0.2) is 42.3 Å². The summed E-state index contributed by atoms with van der Waals surface area (Å²) < 4.78 is 2.11. The number of pyridine rings is 1. The van der Waals surface area contributed by atoms with Gasteiger partial charge in [0.2, 0.25) is 0 Å². The summed E-state index contributed by atoms with van der Waals surface area (Å²) in [4.78, 5) is 4.01. The first-order valence-corrected chi connectivity index (χ1v) is 6.88. The van der Waals surface area contributed by atoms with Gasteiger partial charge >= 0.3 is 0 Å². The molecule has 0 saturated heterocycles. The lowest BCUT2D eigenvalue weighted by Gasteiger charge is -2.06. The van der Waals surface area contributed by atoms with E-state index in [1.807, 2.05) is 30.6 Å². The predicted molar refractivity (Wildman–Crippen MR) is 73.4 cm³/mol. The quantitative estimate of drug-likeness (QED) is 0.591. The first-order valence-electron chi connectivity index (χ1n) is 5.89. The number of rotatable bonds is 6. The normalized spacial score (nSPS) is 10.5. The van der Waals surface area contributed by atoms with E-state index in [0.29, 0.717) is 0 Å². The fraction of sp³-hybridized carbons (Fsp3) is 0.308. The highest BCUT2D eigenvalue weighted by Crippen LogP contribution is 2.21. The Bertz CT molecular complexity index is 507. The van der Waals surface area contributed by atoms with Crippen LogP contribution in [-0.2, 0) is 18.7 Å². The number of aryl methyl sites for hydroxylation is 1. The topological polar surface area (TPSA) is 43.6 Å². The van der Waals surface area contributed by atoms with Gasteiger partial charge in [-0.3, -0.25) is 4.98 Å². The molecule has 0 aromatic carbocycles. The molecule has 2 heterocycles. The molecule has 0 aliphatic heterocycles. The van der Waals surface area contributed by atoms with Gasteiger partial charge < -0.3 is 4.57 Å². The number of aromatic nitrogens is 4. The first kappa shape index (κ1) is 12.8. The van der Waals surface area contributed by atoms with Gasteiger partial charge in [-0.25, -0.2) is 0 Å². The van der Waals surface area contributed by atoms with Gasteiger partial charge in [-0.2, -0.15) is 0 Å². The largest absolute Gasteiger partial charge is 0.302 e. The average Bonchev–Trinajstić information content (AvgIpc) is 2.80. The summed E-state index contributed by atoms with van der Waals surface area (Å²) in [6.07, 6.45) is 6.37. The summed E-state index contributed by atoms with van der Waals surface area (Å²) in [5, 5.41) is 9.38. The van der Waals surface area contributed by atoms with Gasteiger partial charge in [0, 0.05) is 31.1 Å². The Morgan fingerprint density at radius 2 is 2.11 bits per heavy atom. The number of allylic oxidation sites excluding steroid dienone is 1. The van der Waals surface area contributed by atoms with Crippen LogP contribution in [0.4, 0.5) is 0 Å². The number of nitrogens with zero attached hydrogens (tertiary/aromatic N) is 4. The zero-order chi connectivity index (χ0) is 12.8. The Labute approximate surface area is 111 Å². The Balaban J connectivity index is 2.09. The van der Waals surface area contributed by atoms with E-state index in [4.69, 9.17) is 0 Å². The Kier molecular flexibility index (Phi) is 4.52. The Hall–Kier alpha value is -1.62. The predicted octanol–water partition coefficient (Wildman–Crippen LogP) is 2.71. The highest BCUT2D eigenvalue weighted by Gasteiger charge is 2.09. The lowest BCUT2D eigenvalue weighted by Crippen LogP contribution is -2.02. The number of thioether (sulfide) groups is 1. The summed E-state index contributed by atoms with van der Waals surface area (Å²) >= 11 is 1.69. The minimum absolute atomic E-state index is 0.759. The lowest BCUT2D eigenvalue weighted by atomic mass is 10.3. The van der Waals surface area contributed by atoms with Crippen molar-refractivity contribution in [1.29, 1.82) is 0 Å². The third-order valence-electron chi connectivity index (χ3n) is 2.54. The lowest BCUT2D eigenvalue weighted by molar-refractivity contribution is 0.685. The van der Waals surface area contributed by atoms with Crippen LogP contribution in [0, 0.1) is 0 Å². The highest BCUT2D eigenvalue weighted by atomic mass is 32.2. The third-order valence-corrected chi connectivity index (χ3v) is 3.58. The van der Waals surface area contributed by atoms with E-state index in [1.165, 1.54) is 5.56 Å². The van der Waals surface area contributed by atoms with Gasteiger partial charge in [0.25, 0.3) is 0 Å². The minimum Gasteiger partial charge on any atom is -0.302 e. The molecule has 2 rings (SSSR count). The molecule has 0 N–H and O–H groups in total. The van der Waals surface area contributed by atoms with Gasteiger partial charge in [-0.1, -0.05) is 24.8 Å². The maximum atomic E-state index is 4.23. The zero-order valence-electron chi connectivity index (χ0n) is 10.4. The van der Waals surface area contributed by atoms with Crippen LogP contribution in [0.1, 0.15) is 18.3 Å². The standard InChI is InChI=1S/C13H16N4S/c1-3-9-17-12(4-2)15-16-13(17)18-10-11-5-7-14-8-6-11/h3,5-8H,1,4,9-10H2,2H3. The molecule has 0 aliphatic carbocycles. The molecule has 0 aliphatic rings. The first-order chi connectivity index (χ1) is 8.85. The van der Waals surface area contributed by atoms with Crippen LogP contribution in [0.5, 0.6) is 0 Å². The molecule has 0 amide bonds. The van der Waals surface area contributed by atoms with Crippen molar-refractivity contribution in [3.8, 4) is 0 Å². The van der Waals surface area contributed by atoms with Crippen molar-refractivity contribution in [2.24, 2.45) is 0 Å². The Morgan fingerprint density at radius 3 is 2.78 bits per heavy atom. The van der Waals surface area contributed by atoms with Crippen molar-refractivity contribution >= 4 is 11.8 Å². The van der Waals surface area contributed by atoms with Gasteiger partial charge in [-0.15, -0.1) is 16.8 Å². The van der Waals surface area contributed by atoms with Crippen molar-refractivity contribution in [2.45, 2.75) is 30.8 Å². The van der Waals surface area contributed by atoms with E-state index in [1.54, 1.807) is 11.8 Å². The van der Waals surface area contributed by atoms with E-state index >= 15 is 0 Å². The van der Waals surface area contributed by atoms with Crippen LogP contribution in [0.2, 0.25) is 0 Å². The molecular weight excluding hydrogens is 244 g/mol. The smallest absolute Gasteiger partial charge is 0.191 e. The summed E-state index contributed by atoms with van der Waals surface area (Å²) in [6, 6.07) is 4.03. The van der Waals surface area contributed by atoms with E-state index in [-0.39, 0.29) is 0 Å². The van der Waals surface area contributed by atoms with E-state index in [9.17, 15) is 0 Å². The van der Waals surface area contributed by atoms with Crippen molar-refractivity contribution in [1.82, 2.24) is 19.7 Å². The van der Waals surface area contributed by atoms with Gasteiger partial charge in [-0.05, 0) is 17.7 Å². The summed E-state index contributed by atoms with van der Waals surface area (Å²) in [7, 11) is 0. The van der Waals surface area contributed by atoms with E-state index < -0.39 is 0 Å². The fourth-order valence-electron chi connectivity index (χ4n) is 1.63. The van der Waals surface area contributed by atoms with Crippen LogP contribution in [0.3, 0.4) is 0 Å². The van der Waals surface area contributed by atoms with E-state index in [0.717, 1.165) is 29.7 Å². The summed E-state index contributed by atoms with van der Waals surface area (Å²) in [5.74, 6) is 1.88. The second-order valence-electron chi connectivity index (χ2n) is 3.80. The van der Waals surface area contributed by atoms with Crippen molar-refractivity contribution < 1.29 is 0 Å². The summed E-state index contributed by atoms with van der Waals surface area (Å²) in [6.45, 7) is 6.62. The monoisotopic (exact) mass is 260 g/mol.